The van der Waals surface area contributed by atoms with Gasteiger partial charge in [0.25, 0.3) is 0 Å². The summed E-state index contributed by atoms with van der Waals surface area (Å²) in [4.78, 5) is 9.57. The zero-order valence-electron chi connectivity index (χ0n) is 10.5. The molecular weight excluding hydrogens is 254 g/mol. The first-order valence-electron chi connectivity index (χ1n) is 6.01. The molecule has 3 rings (SSSR count). The molecule has 0 bridgehead atoms. The molecule has 1 aromatic heterocycles. The molecule has 2 aromatic carbocycles. The lowest BCUT2D eigenvalue weighted by atomic mass is 10.1. The van der Waals surface area contributed by atoms with Gasteiger partial charge < -0.3 is 5.32 Å². The molecule has 0 spiro atoms. The van der Waals surface area contributed by atoms with Crippen LogP contribution in [-0.2, 0) is 0 Å². The molecule has 0 atom stereocenters. The van der Waals surface area contributed by atoms with E-state index in [0.29, 0.717) is 0 Å². The number of benzene rings is 2. The maximum atomic E-state index is 4.27. The Balaban J connectivity index is 1.92. The van der Waals surface area contributed by atoms with E-state index in [1.165, 1.54) is 15.7 Å². The standard InChI is InChI=1S/C15H13N3S/c1-16-14-9-15(18-10-17-14)19-13-7-6-11-4-2-3-5-12(11)8-13/h2-10H,1H3,(H,16,17,18). The Morgan fingerprint density at radius 3 is 2.63 bits per heavy atom. The number of hydrogen-bond donors (Lipinski definition) is 1. The molecule has 1 heterocycles. The van der Waals surface area contributed by atoms with Crippen molar-refractivity contribution in [1.29, 1.82) is 0 Å². The van der Waals surface area contributed by atoms with Crippen LogP contribution in [-0.4, -0.2) is 17.0 Å². The molecule has 0 amide bonds. The van der Waals surface area contributed by atoms with Gasteiger partial charge >= 0.3 is 0 Å². The van der Waals surface area contributed by atoms with E-state index in [1.54, 1.807) is 18.1 Å². The van der Waals surface area contributed by atoms with Gasteiger partial charge in [0.2, 0.25) is 0 Å². The Morgan fingerprint density at radius 2 is 1.79 bits per heavy atom. The molecule has 0 saturated heterocycles. The lowest BCUT2D eigenvalue weighted by Crippen LogP contribution is -1.93. The van der Waals surface area contributed by atoms with Crippen molar-refractivity contribution in [3.8, 4) is 0 Å². The quantitative estimate of drug-likeness (QED) is 0.732. The third kappa shape index (κ3) is 2.69. The molecular formula is C15H13N3S. The fraction of sp³-hybridized carbons (Fsp3) is 0.0667. The third-order valence-electron chi connectivity index (χ3n) is 2.84. The summed E-state index contributed by atoms with van der Waals surface area (Å²) in [5.41, 5.74) is 0. The van der Waals surface area contributed by atoms with Crippen molar-refractivity contribution in [2.75, 3.05) is 12.4 Å². The average molecular weight is 267 g/mol. The number of rotatable bonds is 3. The van der Waals surface area contributed by atoms with Gasteiger partial charge in [0.15, 0.2) is 0 Å². The van der Waals surface area contributed by atoms with Gasteiger partial charge in [0, 0.05) is 18.0 Å². The summed E-state index contributed by atoms with van der Waals surface area (Å²) in [6.45, 7) is 0. The second kappa shape index (κ2) is 5.28. The molecule has 0 radical (unpaired) electrons. The normalized spacial score (nSPS) is 10.6. The molecule has 1 N–H and O–H groups in total. The monoisotopic (exact) mass is 267 g/mol. The smallest absolute Gasteiger partial charge is 0.130 e. The van der Waals surface area contributed by atoms with E-state index in [2.05, 4.69) is 57.7 Å². The van der Waals surface area contributed by atoms with E-state index < -0.39 is 0 Å². The first-order chi connectivity index (χ1) is 9.35. The summed E-state index contributed by atoms with van der Waals surface area (Å²) in [5, 5.41) is 6.46. The highest BCUT2D eigenvalue weighted by Crippen LogP contribution is 2.29. The number of nitrogens with zero attached hydrogens (tertiary/aromatic N) is 2. The van der Waals surface area contributed by atoms with Crippen molar-refractivity contribution in [2.24, 2.45) is 0 Å². The zero-order valence-corrected chi connectivity index (χ0v) is 11.3. The van der Waals surface area contributed by atoms with Gasteiger partial charge in [-0.1, -0.05) is 42.1 Å². The Labute approximate surface area is 116 Å². The minimum absolute atomic E-state index is 0.832. The lowest BCUT2D eigenvalue weighted by Gasteiger charge is -2.04. The Hall–Kier alpha value is -2.07. The number of fused-ring (bicyclic) bond motifs is 1. The van der Waals surface area contributed by atoms with Crippen molar-refractivity contribution in [3.05, 3.63) is 54.9 Å². The van der Waals surface area contributed by atoms with E-state index in [4.69, 9.17) is 0 Å². The fourth-order valence-electron chi connectivity index (χ4n) is 1.88. The van der Waals surface area contributed by atoms with Crippen molar-refractivity contribution < 1.29 is 0 Å². The molecule has 3 nitrogen and oxygen atoms in total. The van der Waals surface area contributed by atoms with Crippen LogP contribution < -0.4 is 5.32 Å². The molecule has 0 unspecified atom stereocenters. The Morgan fingerprint density at radius 1 is 0.947 bits per heavy atom. The van der Waals surface area contributed by atoms with Crippen LogP contribution in [0.5, 0.6) is 0 Å². The van der Waals surface area contributed by atoms with Crippen LogP contribution in [0.4, 0.5) is 5.82 Å². The summed E-state index contributed by atoms with van der Waals surface area (Å²) < 4.78 is 0. The SMILES string of the molecule is CNc1cc(Sc2ccc3ccccc3c2)ncn1. The largest absolute Gasteiger partial charge is 0.373 e. The first kappa shape index (κ1) is 12.0. The molecule has 0 aliphatic heterocycles. The van der Waals surface area contributed by atoms with Gasteiger partial charge in [0.05, 0.1) is 0 Å². The molecule has 19 heavy (non-hydrogen) atoms. The third-order valence-corrected chi connectivity index (χ3v) is 3.76. The van der Waals surface area contributed by atoms with Gasteiger partial charge in [-0.3, -0.25) is 0 Å². The highest BCUT2D eigenvalue weighted by Gasteiger charge is 2.02. The molecule has 3 aromatic rings. The Bertz CT molecular complexity index is 712. The molecule has 0 aliphatic rings. The van der Waals surface area contributed by atoms with Crippen LogP contribution in [0.25, 0.3) is 10.8 Å². The summed E-state index contributed by atoms with van der Waals surface area (Å²) in [7, 11) is 1.85. The van der Waals surface area contributed by atoms with Gasteiger partial charge in [-0.15, -0.1) is 0 Å². The van der Waals surface area contributed by atoms with E-state index in [-0.39, 0.29) is 0 Å². The zero-order chi connectivity index (χ0) is 13.1. The summed E-state index contributed by atoms with van der Waals surface area (Å²) >= 11 is 1.64. The maximum absolute atomic E-state index is 4.27. The van der Waals surface area contributed by atoms with E-state index in [0.717, 1.165) is 10.8 Å². The minimum Gasteiger partial charge on any atom is -0.373 e. The summed E-state index contributed by atoms with van der Waals surface area (Å²) in [5.74, 6) is 0.832. The van der Waals surface area contributed by atoms with Crippen LogP contribution in [0.3, 0.4) is 0 Å². The number of anilines is 1. The van der Waals surface area contributed by atoms with E-state index in [9.17, 15) is 0 Å². The highest BCUT2D eigenvalue weighted by atomic mass is 32.2. The average Bonchev–Trinajstić information content (AvgIpc) is 2.47. The van der Waals surface area contributed by atoms with Crippen LogP contribution in [0.2, 0.25) is 0 Å². The second-order valence-corrected chi connectivity index (χ2v) is 5.20. The highest BCUT2D eigenvalue weighted by molar-refractivity contribution is 7.99. The molecule has 0 aliphatic carbocycles. The molecule has 94 valence electrons. The Kier molecular flexibility index (Phi) is 3.33. The molecule has 0 saturated carbocycles. The second-order valence-electron chi connectivity index (χ2n) is 4.10. The van der Waals surface area contributed by atoms with E-state index in [1.807, 2.05) is 13.1 Å². The van der Waals surface area contributed by atoms with Gasteiger partial charge in [-0.05, 0) is 22.9 Å². The predicted molar refractivity (Wildman–Crippen MR) is 79.6 cm³/mol. The number of hydrogen-bond acceptors (Lipinski definition) is 4. The first-order valence-corrected chi connectivity index (χ1v) is 6.83. The number of aromatic nitrogens is 2. The predicted octanol–water partition coefficient (Wildman–Crippen LogP) is 3.82. The molecule has 0 fully saturated rings. The van der Waals surface area contributed by atoms with Crippen LogP contribution in [0, 0.1) is 0 Å². The fourth-order valence-corrected chi connectivity index (χ4v) is 2.72. The summed E-state index contributed by atoms with van der Waals surface area (Å²) in [6.07, 6.45) is 1.58. The topological polar surface area (TPSA) is 37.8 Å². The van der Waals surface area contributed by atoms with Crippen molar-refractivity contribution in [2.45, 2.75) is 9.92 Å². The maximum Gasteiger partial charge on any atom is 0.130 e. The minimum atomic E-state index is 0.832. The van der Waals surface area contributed by atoms with Gasteiger partial charge in [-0.25, -0.2) is 9.97 Å². The van der Waals surface area contributed by atoms with Crippen molar-refractivity contribution in [3.63, 3.8) is 0 Å². The molecule has 4 heteroatoms. The van der Waals surface area contributed by atoms with Crippen LogP contribution >= 0.6 is 11.8 Å². The van der Waals surface area contributed by atoms with E-state index >= 15 is 0 Å². The van der Waals surface area contributed by atoms with Gasteiger partial charge in [0.1, 0.15) is 17.2 Å². The van der Waals surface area contributed by atoms with Crippen LogP contribution in [0.15, 0.2) is 64.8 Å². The van der Waals surface area contributed by atoms with Crippen molar-refractivity contribution >= 4 is 28.4 Å². The number of nitrogens with one attached hydrogen (secondary N) is 1. The van der Waals surface area contributed by atoms with Crippen LogP contribution in [0.1, 0.15) is 0 Å². The lowest BCUT2D eigenvalue weighted by molar-refractivity contribution is 1.05. The van der Waals surface area contributed by atoms with Gasteiger partial charge in [-0.2, -0.15) is 0 Å². The summed E-state index contributed by atoms with van der Waals surface area (Å²) in [6, 6.07) is 16.7. The van der Waals surface area contributed by atoms with Crippen molar-refractivity contribution in [1.82, 2.24) is 9.97 Å².